The summed E-state index contributed by atoms with van der Waals surface area (Å²) in [6, 6.07) is 11.8. The maximum Gasteiger partial charge on any atom is 0.251 e. The molecule has 7 N–H and O–H groups in total. The van der Waals surface area contributed by atoms with Gasteiger partial charge >= 0.3 is 0 Å². The van der Waals surface area contributed by atoms with Crippen LogP contribution in [0.1, 0.15) is 40.9 Å². The molecule has 2 unspecified atom stereocenters. The molecular formula is C24H29FN4O4S2. The molecule has 3 heterocycles. The van der Waals surface area contributed by atoms with E-state index in [1.165, 1.54) is 17.4 Å². The van der Waals surface area contributed by atoms with Crippen molar-refractivity contribution in [3.8, 4) is 10.4 Å². The molecule has 0 saturated carbocycles. The highest BCUT2D eigenvalue weighted by Gasteiger charge is 2.27. The summed E-state index contributed by atoms with van der Waals surface area (Å²) in [5.41, 5.74) is 7.60. The summed E-state index contributed by atoms with van der Waals surface area (Å²) < 4.78 is 34.4. The van der Waals surface area contributed by atoms with Crippen LogP contribution in [0.2, 0.25) is 0 Å². The van der Waals surface area contributed by atoms with E-state index in [-0.39, 0.29) is 24.1 Å². The predicted molar refractivity (Wildman–Crippen MR) is 139 cm³/mol. The summed E-state index contributed by atoms with van der Waals surface area (Å²) >= 11 is 1.20. The Labute approximate surface area is 208 Å². The van der Waals surface area contributed by atoms with Gasteiger partial charge in [0.2, 0.25) is 0 Å². The van der Waals surface area contributed by atoms with E-state index in [0.29, 0.717) is 51.3 Å². The van der Waals surface area contributed by atoms with Gasteiger partial charge in [-0.1, -0.05) is 25.1 Å². The van der Waals surface area contributed by atoms with Gasteiger partial charge in [0.1, 0.15) is 16.6 Å². The second-order valence-electron chi connectivity index (χ2n) is 8.72. The molecule has 1 aromatic carbocycles. The molecule has 1 amide bonds. The third-order valence-corrected chi connectivity index (χ3v) is 8.89. The topological polar surface area (TPSA) is 141 Å². The van der Waals surface area contributed by atoms with Gasteiger partial charge in [-0.15, -0.1) is 11.3 Å². The molecule has 0 aliphatic carbocycles. The zero-order valence-corrected chi connectivity index (χ0v) is 20.8. The number of aliphatic hydroxyl groups is 1. The molecule has 188 valence electrons. The number of hydrogen-bond donors (Lipinski definition) is 6. The molecule has 0 spiro atoms. The molecule has 1 saturated heterocycles. The van der Waals surface area contributed by atoms with Crippen molar-refractivity contribution in [2.24, 2.45) is 5.73 Å². The first-order chi connectivity index (χ1) is 16.6. The SMILES string of the molecule is CC(CO)c1ccc(-c2cc(C(N)=O)c(Nc3cccc(CNC4CCS(O)(O)C4)n3)s2)c(F)c1. The lowest BCUT2D eigenvalue weighted by molar-refractivity contribution is 0.100. The second-order valence-corrected chi connectivity index (χ2v) is 12.1. The van der Waals surface area contributed by atoms with E-state index in [1.807, 2.05) is 19.1 Å². The monoisotopic (exact) mass is 520 g/mol. The van der Waals surface area contributed by atoms with Gasteiger partial charge in [-0.05, 0) is 36.2 Å². The molecule has 1 fully saturated rings. The van der Waals surface area contributed by atoms with Crippen LogP contribution in [0, 0.1) is 5.82 Å². The average Bonchev–Trinajstić information content (AvgIpc) is 3.40. The number of aliphatic hydroxyl groups excluding tert-OH is 1. The maximum atomic E-state index is 14.9. The zero-order chi connectivity index (χ0) is 25.2. The number of pyridine rings is 1. The van der Waals surface area contributed by atoms with E-state index < -0.39 is 22.3 Å². The molecule has 35 heavy (non-hydrogen) atoms. The Morgan fingerprint density at radius 2 is 2.11 bits per heavy atom. The van der Waals surface area contributed by atoms with Crippen molar-refractivity contribution in [3.05, 3.63) is 65.1 Å². The molecule has 0 bridgehead atoms. The highest BCUT2D eigenvalue weighted by atomic mass is 32.3. The first kappa shape index (κ1) is 25.5. The van der Waals surface area contributed by atoms with Gasteiger partial charge in [0.05, 0.1) is 17.0 Å². The van der Waals surface area contributed by atoms with Crippen LogP contribution in [-0.2, 0) is 6.54 Å². The molecular weight excluding hydrogens is 491 g/mol. The Bertz CT molecular complexity index is 1220. The summed E-state index contributed by atoms with van der Waals surface area (Å²) in [5, 5.41) is 16.2. The molecule has 4 rings (SSSR count). The zero-order valence-electron chi connectivity index (χ0n) is 19.2. The van der Waals surface area contributed by atoms with Crippen molar-refractivity contribution in [1.82, 2.24) is 10.3 Å². The fourth-order valence-corrected chi connectivity index (χ4v) is 6.79. The van der Waals surface area contributed by atoms with Crippen molar-refractivity contribution < 1.29 is 23.4 Å². The number of nitrogens with two attached hydrogens (primary N) is 1. The molecule has 2 atom stereocenters. The number of halogens is 1. The number of rotatable bonds is 9. The standard InChI is InChI=1S/C24H29FN4O4S2/c1-14(12-30)15-5-6-18(20(25)9-15)21-10-19(23(26)31)24(34-21)29-22-4-2-3-16(28-22)11-27-17-7-8-35(32,33)13-17/h2-6,9-10,14,17,27,30,32-33H,7-8,11-13H2,1H3,(H2,26,31)(H,28,29). The Hall–Kier alpha value is -2.54. The molecule has 11 heteroatoms. The van der Waals surface area contributed by atoms with Gasteiger partial charge in [0.25, 0.3) is 5.91 Å². The number of benzene rings is 1. The Morgan fingerprint density at radius 1 is 1.31 bits per heavy atom. The van der Waals surface area contributed by atoms with E-state index >= 15 is 0 Å². The van der Waals surface area contributed by atoms with E-state index in [9.17, 15) is 23.4 Å². The van der Waals surface area contributed by atoms with E-state index in [1.54, 1.807) is 24.3 Å². The Morgan fingerprint density at radius 3 is 2.77 bits per heavy atom. The lowest BCUT2D eigenvalue weighted by Crippen LogP contribution is -2.29. The number of hydrogen-bond acceptors (Lipinski definition) is 8. The highest BCUT2D eigenvalue weighted by molar-refractivity contribution is 8.24. The minimum Gasteiger partial charge on any atom is -0.396 e. The summed E-state index contributed by atoms with van der Waals surface area (Å²) in [6.07, 6.45) is 0.705. The fourth-order valence-electron chi connectivity index (χ4n) is 3.94. The third kappa shape index (κ3) is 6.18. The minimum absolute atomic E-state index is 0.0291. The van der Waals surface area contributed by atoms with Crippen LogP contribution < -0.4 is 16.4 Å². The number of amides is 1. The first-order valence-corrected chi connectivity index (χ1v) is 13.9. The predicted octanol–water partition coefficient (Wildman–Crippen LogP) is 4.50. The van der Waals surface area contributed by atoms with Gasteiger partial charge in [0, 0.05) is 41.3 Å². The summed E-state index contributed by atoms with van der Waals surface area (Å²) in [6.45, 7) is 2.19. The van der Waals surface area contributed by atoms with Crippen molar-refractivity contribution in [1.29, 1.82) is 0 Å². The molecule has 8 nitrogen and oxygen atoms in total. The summed E-state index contributed by atoms with van der Waals surface area (Å²) in [5.74, 6) is 0.00297. The first-order valence-electron chi connectivity index (χ1n) is 11.2. The van der Waals surface area contributed by atoms with Gasteiger partial charge in [0.15, 0.2) is 0 Å². The number of anilines is 2. The summed E-state index contributed by atoms with van der Waals surface area (Å²) in [7, 11) is -2.47. The van der Waals surface area contributed by atoms with E-state index in [4.69, 9.17) is 5.73 Å². The van der Waals surface area contributed by atoms with Crippen molar-refractivity contribution in [2.45, 2.75) is 31.8 Å². The number of carbonyl (C=O) groups excluding carboxylic acids is 1. The fraction of sp³-hybridized carbons (Fsp3) is 0.333. The quantitative estimate of drug-likeness (QED) is 0.244. The van der Waals surface area contributed by atoms with Crippen LogP contribution >= 0.6 is 21.9 Å². The molecule has 2 aromatic heterocycles. The van der Waals surface area contributed by atoms with Crippen molar-refractivity contribution >= 4 is 38.7 Å². The molecule has 0 radical (unpaired) electrons. The highest BCUT2D eigenvalue weighted by Crippen LogP contribution is 2.45. The van der Waals surface area contributed by atoms with Crippen LogP contribution in [0.15, 0.2) is 42.5 Å². The molecule has 1 aliphatic rings. The second kappa shape index (κ2) is 10.6. The van der Waals surface area contributed by atoms with E-state index in [2.05, 4.69) is 15.6 Å². The number of aromatic nitrogens is 1. The van der Waals surface area contributed by atoms with Crippen LogP contribution in [0.25, 0.3) is 10.4 Å². The van der Waals surface area contributed by atoms with Crippen molar-refractivity contribution in [2.75, 3.05) is 23.4 Å². The van der Waals surface area contributed by atoms with Gasteiger partial charge in [-0.25, -0.2) is 9.37 Å². The van der Waals surface area contributed by atoms with Crippen molar-refractivity contribution in [3.63, 3.8) is 0 Å². The Kier molecular flexibility index (Phi) is 7.74. The largest absolute Gasteiger partial charge is 0.396 e. The smallest absolute Gasteiger partial charge is 0.251 e. The Balaban J connectivity index is 1.52. The number of primary amides is 1. The molecule has 3 aromatic rings. The number of nitrogens with zero attached hydrogens (tertiary/aromatic N) is 1. The lowest BCUT2D eigenvalue weighted by Gasteiger charge is -2.26. The van der Waals surface area contributed by atoms with Crippen LogP contribution in [0.3, 0.4) is 0 Å². The number of thiophene rings is 1. The van der Waals surface area contributed by atoms with E-state index in [0.717, 1.165) is 5.69 Å². The lowest BCUT2D eigenvalue weighted by atomic mass is 9.99. The van der Waals surface area contributed by atoms with Crippen LogP contribution in [-0.4, -0.2) is 49.3 Å². The van der Waals surface area contributed by atoms with Gasteiger partial charge in [-0.3, -0.25) is 13.9 Å². The average molecular weight is 521 g/mol. The number of nitrogens with one attached hydrogen (secondary N) is 2. The van der Waals surface area contributed by atoms with Gasteiger partial charge in [-0.2, -0.15) is 10.6 Å². The van der Waals surface area contributed by atoms with Crippen LogP contribution in [0.4, 0.5) is 15.2 Å². The minimum atomic E-state index is -2.47. The maximum absolute atomic E-state index is 14.9. The van der Waals surface area contributed by atoms with Crippen LogP contribution in [0.5, 0.6) is 0 Å². The number of carbonyl (C=O) groups is 1. The van der Waals surface area contributed by atoms with Gasteiger partial charge < -0.3 is 21.5 Å². The third-order valence-electron chi connectivity index (χ3n) is 5.98. The normalized spacial score (nSPS) is 18.8. The molecule has 1 aliphatic heterocycles. The summed E-state index contributed by atoms with van der Waals surface area (Å²) in [4.78, 5) is 17.2.